The van der Waals surface area contributed by atoms with Crippen molar-refractivity contribution in [1.29, 1.82) is 0 Å². The topological polar surface area (TPSA) is 66.4 Å². The number of amides is 1. The van der Waals surface area contributed by atoms with Gasteiger partial charge in [0.25, 0.3) is 0 Å². The number of carbonyl (C=O) groups excluding carboxylic acids is 1. The van der Waals surface area contributed by atoms with Gasteiger partial charge in [-0.2, -0.15) is 0 Å². The highest BCUT2D eigenvalue weighted by Gasteiger charge is 2.37. The summed E-state index contributed by atoms with van der Waals surface area (Å²) in [4.78, 5) is 22.7. The summed E-state index contributed by atoms with van der Waals surface area (Å²) < 4.78 is 0. The van der Waals surface area contributed by atoms with Crippen molar-refractivity contribution in [2.75, 3.05) is 0 Å². The van der Waals surface area contributed by atoms with E-state index >= 15 is 0 Å². The van der Waals surface area contributed by atoms with Crippen molar-refractivity contribution in [3.05, 3.63) is 0 Å². The van der Waals surface area contributed by atoms with Crippen molar-refractivity contribution in [2.24, 2.45) is 17.8 Å². The zero-order valence-electron chi connectivity index (χ0n) is 9.61. The van der Waals surface area contributed by atoms with Gasteiger partial charge in [-0.05, 0) is 31.6 Å². The van der Waals surface area contributed by atoms with E-state index in [1.165, 1.54) is 0 Å². The molecule has 0 heterocycles. The molecular formula is C12H19NO3. The number of hydrogen-bond acceptors (Lipinski definition) is 2. The lowest BCUT2D eigenvalue weighted by molar-refractivity contribution is -0.142. The molecule has 0 aromatic heterocycles. The van der Waals surface area contributed by atoms with Gasteiger partial charge >= 0.3 is 5.97 Å². The number of carboxylic acids is 1. The summed E-state index contributed by atoms with van der Waals surface area (Å²) >= 11 is 0. The predicted molar refractivity (Wildman–Crippen MR) is 58.8 cm³/mol. The number of hydrogen-bond donors (Lipinski definition) is 2. The van der Waals surface area contributed by atoms with E-state index in [1.54, 1.807) is 0 Å². The van der Waals surface area contributed by atoms with Crippen molar-refractivity contribution in [3.63, 3.8) is 0 Å². The quantitative estimate of drug-likeness (QED) is 0.763. The largest absolute Gasteiger partial charge is 0.481 e. The molecule has 16 heavy (non-hydrogen) atoms. The second kappa shape index (κ2) is 4.44. The normalized spacial score (nSPS) is 37.8. The third-order valence-electron chi connectivity index (χ3n) is 3.91. The Kier molecular flexibility index (Phi) is 3.17. The Morgan fingerprint density at radius 3 is 2.50 bits per heavy atom. The van der Waals surface area contributed by atoms with Crippen LogP contribution in [-0.2, 0) is 9.59 Å². The number of rotatable bonds is 3. The van der Waals surface area contributed by atoms with E-state index in [9.17, 15) is 9.59 Å². The van der Waals surface area contributed by atoms with Crippen LogP contribution in [0.15, 0.2) is 0 Å². The van der Waals surface area contributed by atoms with E-state index in [2.05, 4.69) is 12.2 Å². The van der Waals surface area contributed by atoms with Gasteiger partial charge in [0.05, 0.1) is 5.92 Å². The molecule has 0 aliphatic heterocycles. The molecule has 0 radical (unpaired) electrons. The molecule has 2 atom stereocenters. The van der Waals surface area contributed by atoms with Crippen molar-refractivity contribution >= 4 is 11.9 Å². The molecule has 2 unspecified atom stereocenters. The van der Waals surface area contributed by atoms with Crippen molar-refractivity contribution < 1.29 is 14.7 Å². The van der Waals surface area contributed by atoms with E-state index < -0.39 is 5.97 Å². The predicted octanol–water partition coefficient (Wildman–Crippen LogP) is 1.40. The molecule has 2 saturated carbocycles. The van der Waals surface area contributed by atoms with Gasteiger partial charge in [0.2, 0.25) is 5.91 Å². The van der Waals surface area contributed by atoms with Gasteiger partial charge in [-0.25, -0.2) is 0 Å². The van der Waals surface area contributed by atoms with Crippen LogP contribution in [0, 0.1) is 17.8 Å². The molecule has 2 rings (SSSR count). The number of carboxylic acid groups (broad SMARTS) is 1. The molecule has 2 N–H and O–H groups in total. The van der Waals surface area contributed by atoms with Crippen LogP contribution < -0.4 is 5.32 Å². The second-order valence-electron chi connectivity index (χ2n) is 5.26. The van der Waals surface area contributed by atoms with Gasteiger partial charge in [-0.3, -0.25) is 9.59 Å². The Hall–Kier alpha value is -1.06. The van der Waals surface area contributed by atoms with Crippen LogP contribution in [0.4, 0.5) is 0 Å². The maximum Gasteiger partial charge on any atom is 0.308 e. The van der Waals surface area contributed by atoms with Crippen LogP contribution >= 0.6 is 0 Å². The Bertz CT molecular complexity index is 297. The molecule has 90 valence electrons. The fourth-order valence-corrected chi connectivity index (χ4v) is 2.85. The van der Waals surface area contributed by atoms with Crippen molar-refractivity contribution in [2.45, 2.75) is 45.1 Å². The lowest BCUT2D eigenvalue weighted by Gasteiger charge is -2.32. The molecular weight excluding hydrogens is 206 g/mol. The van der Waals surface area contributed by atoms with E-state index in [0.29, 0.717) is 12.3 Å². The molecule has 4 nitrogen and oxygen atoms in total. The third-order valence-corrected chi connectivity index (χ3v) is 3.91. The van der Waals surface area contributed by atoms with Crippen LogP contribution in [0.25, 0.3) is 0 Å². The van der Waals surface area contributed by atoms with Crippen LogP contribution in [-0.4, -0.2) is 23.0 Å². The molecule has 0 saturated heterocycles. The highest BCUT2D eigenvalue weighted by molar-refractivity contribution is 5.81. The molecule has 0 bridgehead atoms. The summed E-state index contributed by atoms with van der Waals surface area (Å²) in [7, 11) is 0. The summed E-state index contributed by atoms with van der Waals surface area (Å²) in [5.41, 5.74) is 0. The average Bonchev–Trinajstić information content (AvgIpc) is 2.60. The van der Waals surface area contributed by atoms with Crippen LogP contribution in [0.2, 0.25) is 0 Å². The molecule has 0 aromatic carbocycles. The molecule has 0 aromatic rings. The first-order chi connectivity index (χ1) is 7.58. The van der Waals surface area contributed by atoms with Gasteiger partial charge in [0, 0.05) is 12.0 Å². The minimum atomic E-state index is -0.773. The number of aliphatic carboxylic acids is 1. The lowest BCUT2D eigenvalue weighted by atomic mass is 9.75. The number of nitrogens with one attached hydrogen (secondary N) is 1. The second-order valence-corrected chi connectivity index (χ2v) is 5.26. The standard InChI is InChI=1S/C12H19NO3/c1-7-5-8(6-7)11(14)13-10-4-2-3-9(10)12(15)16/h7-10H,2-6H2,1H3,(H,13,14)(H,15,16). The molecule has 2 aliphatic carbocycles. The third kappa shape index (κ3) is 2.20. The molecule has 4 heteroatoms. The van der Waals surface area contributed by atoms with Crippen LogP contribution in [0.3, 0.4) is 0 Å². The van der Waals surface area contributed by atoms with Crippen molar-refractivity contribution in [1.82, 2.24) is 5.32 Å². The Morgan fingerprint density at radius 1 is 1.25 bits per heavy atom. The maximum atomic E-state index is 11.8. The van der Waals surface area contributed by atoms with Gasteiger partial charge < -0.3 is 10.4 Å². The van der Waals surface area contributed by atoms with Crippen LogP contribution in [0.1, 0.15) is 39.0 Å². The first-order valence-electron chi connectivity index (χ1n) is 6.11. The average molecular weight is 225 g/mol. The SMILES string of the molecule is CC1CC(C(=O)NC2CCCC2C(=O)O)C1. The smallest absolute Gasteiger partial charge is 0.308 e. The fraction of sp³-hybridized carbons (Fsp3) is 0.833. The zero-order valence-corrected chi connectivity index (χ0v) is 9.61. The van der Waals surface area contributed by atoms with Crippen LogP contribution in [0.5, 0.6) is 0 Å². The monoisotopic (exact) mass is 225 g/mol. The maximum absolute atomic E-state index is 11.8. The zero-order chi connectivity index (χ0) is 11.7. The molecule has 2 fully saturated rings. The Morgan fingerprint density at radius 2 is 1.94 bits per heavy atom. The lowest BCUT2D eigenvalue weighted by Crippen LogP contribution is -2.45. The summed E-state index contributed by atoms with van der Waals surface area (Å²) in [5, 5.41) is 11.9. The summed E-state index contributed by atoms with van der Waals surface area (Å²) in [6.45, 7) is 2.14. The van der Waals surface area contributed by atoms with Gasteiger partial charge in [0.15, 0.2) is 0 Å². The highest BCUT2D eigenvalue weighted by atomic mass is 16.4. The highest BCUT2D eigenvalue weighted by Crippen LogP contribution is 2.34. The summed E-state index contributed by atoms with van der Waals surface area (Å²) in [6.07, 6.45) is 4.32. The Labute approximate surface area is 95.4 Å². The summed E-state index contributed by atoms with van der Waals surface area (Å²) in [6, 6.07) is -0.138. The molecule has 2 aliphatic rings. The summed E-state index contributed by atoms with van der Waals surface area (Å²) in [5.74, 6) is -0.304. The fourth-order valence-electron chi connectivity index (χ4n) is 2.85. The minimum Gasteiger partial charge on any atom is -0.481 e. The van der Waals surface area contributed by atoms with Crippen molar-refractivity contribution in [3.8, 4) is 0 Å². The first kappa shape index (κ1) is 11.4. The Balaban J connectivity index is 1.84. The first-order valence-corrected chi connectivity index (χ1v) is 6.11. The van der Waals surface area contributed by atoms with E-state index in [4.69, 9.17) is 5.11 Å². The van der Waals surface area contributed by atoms with E-state index in [0.717, 1.165) is 25.7 Å². The molecule has 1 amide bonds. The molecule has 0 spiro atoms. The van der Waals surface area contributed by atoms with E-state index in [-0.39, 0.29) is 23.8 Å². The van der Waals surface area contributed by atoms with E-state index in [1.807, 2.05) is 0 Å². The minimum absolute atomic E-state index is 0.0660. The van der Waals surface area contributed by atoms with Gasteiger partial charge in [-0.1, -0.05) is 13.3 Å². The van der Waals surface area contributed by atoms with Gasteiger partial charge in [-0.15, -0.1) is 0 Å². The van der Waals surface area contributed by atoms with Gasteiger partial charge in [0.1, 0.15) is 0 Å². The number of carbonyl (C=O) groups is 2.